The first-order chi connectivity index (χ1) is 9.15. The van der Waals surface area contributed by atoms with Gasteiger partial charge in [-0.1, -0.05) is 48.0 Å². The normalized spacial score (nSPS) is 10.0. The van der Waals surface area contributed by atoms with Gasteiger partial charge in [-0.25, -0.2) is 0 Å². The monoisotopic (exact) mass is 290 g/mol. The zero-order valence-corrected chi connectivity index (χ0v) is 12.2. The van der Waals surface area contributed by atoms with Crippen LogP contribution in [0.4, 0.5) is 5.69 Å². The molecule has 0 saturated carbocycles. The van der Waals surface area contributed by atoms with E-state index < -0.39 is 0 Å². The van der Waals surface area contributed by atoms with Crippen molar-refractivity contribution in [2.45, 2.75) is 13.5 Å². The maximum absolute atomic E-state index is 6.07. The number of hydrogen-bond acceptors (Lipinski definition) is 1. The molecule has 0 bridgehead atoms. The number of anilines is 1. The highest BCUT2D eigenvalue weighted by atomic mass is 35.5. The molecule has 0 spiro atoms. The van der Waals surface area contributed by atoms with E-state index in [1.165, 1.54) is 5.56 Å². The summed E-state index contributed by atoms with van der Waals surface area (Å²) in [6.07, 6.45) is 0. The fraction of sp³-hybridized carbons (Fsp3) is 0.133. The van der Waals surface area contributed by atoms with Gasteiger partial charge in [-0.2, -0.15) is 0 Å². The second kappa shape index (κ2) is 6.55. The largest absolute Gasteiger partial charge is 0.358 e. The summed E-state index contributed by atoms with van der Waals surface area (Å²) in [6.45, 7) is 2.67. The Hall–Kier alpha value is -1.58. The molecule has 0 saturated heterocycles. The predicted octanol–water partition coefficient (Wildman–Crippen LogP) is 4.14. The van der Waals surface area contributed by atoms with E-state index in [9.17, 15) is 0 Å². The molecule has 0 aliphatic heterocycles. The first-order valence-electron chi connectivity index (χ1n) is 6.00. The van der Waals surface area contributed by atoms with Crippen LogP contribution in [-0.2, 0) is 6.54 Å². The average Bonchev–Trinajstić information content (AvgIpc) is 2.42. The van der Waals surface area contributed by atoms with Crippen LogP contribution in [0.15, 0.2) is 48.5 Å². The van der Waals surface area contributed by atoms with Crippen LogP contribution in [0.2, 0.25) is 5.02 Å². The highest BCUT2D eigenvalue weighted by Gasteiger charge is 2.00. The molecule has 0 heterocycles. The van der Waals surface area contributed by atoms with E-state index in [1.807, 2.05) is 43.3 Å². The third kappa shape index (κ3) is 4.23. The van der Waals surface area contributed by atoms with Crippen molar-refractivity contribution in [3.8, 4) is 0 Å². The molecule has 2 rings (SSSR count). The molecule has 0 aromatic heterocycles. The maximum atomic E-state index is 6.07. The summed E-state index contributed by atoms with van der Waals surface area (Å²) in [5.41, 5.74) is 3.13. The lowest BCUT2D eigenvalue weighted by Gasteiger charge is -2.11. The van der Waals surface area contributed by atoms with Crippen molar-refractivity contribution in [2.75, 3.05) is 5.32 Å². The summed E-state index contributed by atoms with van der Waals surface area (Å²) in [6, 6.07) is 15.9. The predicted molar refractivity (Wildman–Crippen MR) is 85.7 cm³/mol. The van der Waals surface area contributed by atoms with Crippen molar-refractivity contribution in [1.82, 2.24) is 5.32 Å². The van der Waals surface area contributed by atoms with E-state index in [0.717, 1.165) is 16.3 Å². The minimum Gasteiger partial charge on any atom is -0.358 e. The summed E-state index contributed by atoms with van der Waals surface area (Å²) in [5, 5.41) is 7.59. The van der Waals surface area contributed by atoms with Gasteiger partial charge in [0.15, 0.2) is 5.11 Å². The summed E-state index contributed by atoms with van der Waals surface area (Å²) < 4.78 is 0. The molecule has 0 fully saturated rings. The van der Waals surface area contributed by atoms with E-state index in [4.69, 9.17) is 23.8 Å². The maximum Gasteiger partial charge on any atom is 0.171 e. The molecule has 2 N–H and O–H groups in total. The highest BCUT2D eigenvalue weighted by molar-refractivity contribution is 7.80. The SMILES string of the molecule is Cc1ccc(NC(=S)NCc2ccccc2)cc1Cl. The summed E-state index contributed by atoms with van der Waals surface area (Å²) in [7, 11) is 0. The first-order valence-corrected chi connectivity index (χ1v) is 6.79. The molecule has 4 heteroatoms. The van der Waals surface area contributed by atoms with Gasteiger partial charge >= 0.3 is 0 Å². The Morgan fingerprint density at radius 2 is 1.89 bits per heavy atom. The first kappa shape index (κ1) is 13.8. The van der Waals surface area contributed by atoms with E-state index in [0.29, 0.717) is 11.7 Å². The smallest absolute Gasteiger partial charge is 0.171 e. The molecular formula is C15H15ClN2S. The Bertz CT molecular complexity index is 570. The Balaban J connectivity index is 1.89. The van der Waals surface area contributed by atoms with Gasteiger partial charge in [-0.05, 0) is 42.4 Å². The molecular weight excluding hydrogens is 276 g/mol. The lowest BCUT2D eigenvalue weighted by atomic mass is 10.2. The van der Waals surface area contributed by atoms with Crippen LogP contribution in [0.1, 0.15) is 11.1 Å². The van der Waals surface area contributed by atoms with Gasteiger partial charge < -0.3 is 10.6 Å². The number of thiocarbonyl (C=S) groups is 1. The number of rotatable bonds is 3. The topological polar surface area (TPSA) is 24.1 Å². The molecule has 0 amide bonds. The minimum absolute atomic E-state index is 0.587. The highest BCUT2D eigenvalue weighted by Crippen LogP contribution is 2.19. The number of nitrogens with one attached hydrogen (secondary N) is 2. The quantitative estimate of drug-likeness (QED) is 0.831. The number of aryl methyl sites for hydroxylation is 1. The third-order valence-electron chi connectivity index (χ3n) is 2.73. The van der Waals surface area contributed by atoms with Crippen LogP contribution < -0.4 is 10.6 Å². The number of hydrogen-bond donors (Lipinski definition) is 2. The van der Waals surface area contributed by atoms with Crippen LogP contribution in [0.3, 0.4) is 0 Å². The van der Waals surface area contributed by atoms with E-state index >= 15 is 0 Å². The Labute approximate surface area is 123 Å². The summed E-state index contributed by atoms with van der Waals surface area (Å²) >= 11 is 11.3. The standard InChI is InChI=1S/C15H15ClN2S/c1-11-7-8-13(9-14(11)16)18-15(19)17-10-12-5-3-2-4-6-12/h2-9H,10H2,1H3,(H2,17,18,19). The van der Waals surface area contributed by atoms with Gasteiger partial charge in [0.25, 0.3) is 0 Å². The lowest BCUT2D eigenvalue weighted by molar-refractivity contribution is 0.926. The van der Waals surface area contributed by atoms with Gasteiger partial charge in [0, 0.05) is 17.3 Å². The van der Waals surface area contributed by atoms with Crippen molar-refractivity contribution in [3.63, 3.8) is 0 Å². The summed E-state index contributed by atoms with van der Waals surface area (Å²) in [5.74, 6) is 0. The van der Waals surface area contributed by atoms with Crippen molar-refractivity contribution in [1.29, 1.82) is 0 Å². The Kier molecular flexibility index (Phi) is 4.77. The fourth-order valence-electron chi connectivity index (χ4n) is 1.62. The summed E-state index contributed by atoms with van der Waals surface area (Å²) in [4.78, 5) is 0. The second-order valence-corrected chi connectivity index (χ2v) is 5.07. The van der Waals surface area contributed by atoms with E-state index in [1.54, 1.807) is 0 Å². The fourth-order valence-corrected chi connectivity index (χ4v) is 1.99. The van der Waals surface area contributed by atoms with Crippen LogP contribution in [-0.4, -0.2) is 5.11 Å². The van der Waals surface area contributed by atoms with Gasteiger partial charge in [-0.3, -0.25) is 0 Å². The molecule has 19 heavy (non-hydrogen) atoms. The van der Waals surface area contributed by atoms with Gasteiger partial charge in [0.1, 0.15) is 0 Å². The van der Waals surface area contributed by atoms with Crippen molar-refractivity contribution in [3.05, 3.63) is 64.7 Å². The van der Waals surface area contributed by atoms with Crippen molar-refractivity contribution >= 4 is 34.6 Å². The average molecular weight is 291 g/mol. The molecule has 2 nitrogen and oxygen atoms in total. The number of benzene rings is 2. The molecule has 0 atom stereocenters. The van der Waals surface area contributed by atoms with E-state index in [-0.39, 0.29) is 0 Å². The van der Waals surface area contributed by atoms with Crippen molar-refractivity contribution in [2.24, 2.45) is 0 Å². The molecule has 0 aliphatic carbocycles. The molecule has 0 radical (unpaired) electrons. The zero-order valence-electron chi connectivity index (χ0n) is 10.6. The zero-order chi connectivity index (χ0) is 13.7. The van der Waals surface area contributed by atoms with Crippen LogP contribution in [0, 0.1) is 6.92 Å². The van der Waals surface area contributed by atoms with Crippen molar-refractivity contribution < 1.29 is 0 Å². The molecule has 2 aromatic rings. The molecule has 0 aliphatic rings. The Morgan fingerprint density at radius 1 is 1.16 bits per heavy atom. The minimum atomic E-state index is 0.587. The van der Waals surface area contributed by atoms with Crippen LogP contribution in [0.25, 0.3) is 0 Å². The van der Waals surface area contributed by atoms with Gasteiger partial charge in [0.05, 0.1) is 0 Å². The number of halogens is 1. The van der Waals surface area contributed by atoms with Crippen LogP contribution >= 0.6 is 23.8 Å². The molecule has 0 unspecified atom stereocenters. The third-order valence-corrected chi connectivity index (χ3v) is 3.38. The Morgan fingerprint density at radius 3 is 2.58 bits per heavy atom. The molecule has 98 valence electrons. The van der Waals surface area contributed by atoms with E-state index in [2.05, 4.69) is 22.8 Å². The van der Waals surface area contributed by atoms with Gasteiger partial charge in [0.2, 0.25) is 0 Å². The molecule has 2 aromatic carbocycles. The lowest BCUT2D eigenvalue weighted by Crippen LogP contribution is -2.27. The van der Waals surface area contributed by atoms with Gasteiger partial charge in [-0.15, -0.1) is 0 Å². The second-order valence-electron chi connectivity index (χ2n) is 4.26. The van der Waals surface area contributed by atoms with Crippen LogP contribution in [0.5, 0.6) is 0 Å².